The van der Waals surface area contributed by atoms with Gasteiger partial charge in [0.2, 0.25) is 0 Å². The largest absolute Gasteiger partial charge is 0.467 e. The molecule has 0 heterocycles. The molecule has 0 bridgehead atoms. The number of Topliss-reactive ketones (excluding diaryl/α,β-unsaturated/α-hetero) is 1. The maximum atomic E-state index is 11.9. The van der Waals surface area contributed by atoms with E-state index in [4.69, 9.17) is 0 Å². The lowest BCUT2D eigenvalue weighted by Gasteiger charge is -2.25. The molecule has 2 aromatic carbocycles. The van der Waals surface area contributed by atoms with Crippen molar-refractivity contribution < 1.29 is 19.4 Å². The van der Waals surface area contributed by atoms with Crippen LogP contribution in [0.3, 0.4) is 0 Å². The number of carbonyl (C=O) groups is 2. The highest BCUT2D eigenvalue weighted by molar-refractivity contribution is 5.91. The van der Waals surface area contributed by atoms with Gasteiger partial charge in [-0.1, -0.05) is 36.4 Å². The summed E-state index contributed by atoms with van der Waals surface area (Å²) in [6, 6.07) is 12.7. The molecule has 0 saturated carbocycles. The van der Waals surface area contributed by atoms with Crippen molar-refractivity contribution in [2.45, 2.75) is 18.9 Å². The number of ketones is 1. The molecule has 20 heavy (non-hydrogen) atoms. The summed E-state index contributed by atoms with van der Waals surface area (Å²) in [6.07, 6.45) is -0.308. The molecule has 0 aliphatic carbocycles. The summed E-state index contributed by atoms with van der Waals surface area (Å²) in [6.45, 7) is 1.33. The molecule has 0 radical (unpaired) electrons. The minimum Gasteiger partial charge on any atom is -0.467 e. The Kier molecular flexibility index (Phi) is 3.86. The first-order valence-electron chi connectivity index (χ1n) is 6.27. The Balaban J connectivity index is 2.56. The van der Waals surface area contributed by atoms with Gasteiger partial charge in [0, 0.05) is 6.42 Å². The van der Waals surface area contributed by atoms with Crippen molar-refractivity contribution in [1.29, 1.82) is 0 Å². The van der Waals surface area contributed by atoms with Gasteiger partial charge in [0.05, 0.1) is 7.11 Å². The predicted molar refractivity (Wildman–Crippen MR) is 75.2 cm³/mol. The van der Waals surface area contributed by atoms with E-state index < -0.39 is 11.6 Å². The van der Waals surface area contributed by atoms with Crippen LogP contribution in [-0.4, -0.2) is 24.0 Å². The van der Waals surface area contributed by atoms with Crippen LogP contribution in [-0.2, 0) is 19.9 Å². The Morgan fingerprint density at radius 1 is 1.15 bits per heavy atom. The van der Waals surface area contributed by atoms with Crippen LogP contribution < -0.4 is 0 Å². The number of ether oxygens (including phenoxy) is 1. The third-order valence-electron chi connectivity index (χ3n) is 3.25. The van der Waals surface area contributed by atoms with E-state index in [2.05, 4.69) is 4.74 Å². The van der Waals surface area contributed by atoms with Crippen LogP contribution >= 0.6 is 0 Å². The van der Waals surface area contributed by atoms with Gasteiger partial charge in [0.15, 0.2) is 5.60 Å². The molecule has 0 aliphatic rings. The number of hydrogen-bond donors (Lipinski definition) is 1. The fraction of sp³-hybridized carbons (Fsp3) is 0.250. The van der Waals surface area contributed by atoms with Crippen molar-refractivity contribution in [3.8, 4) is 0 Å². The van der Waals surface area contributed by atoms with Crippen LogP contribution in [0.1, 0.15) is 18.9 Å². The zero-order valence-corrected chi connectivity index (χ0v) is 11.4. The molecule has 1 atom stereocenters. The molecular weight excluding hydrogens is 256 g/mol. The molecule has 2 aromatic rings. The number of rotatable bonds is 4. The maximum absolute atomic E-state index is 11.9. The summed E-state index contributed by atoms with van der Waals surface area (Å²) in [4.78, 5) is 23.2. The van der Waals surface area contributed by atoms with Crippen molar-refractivity contribution in [1.82, 2.24) is 0 Å². The van der Waals surface area contributed by atoms with Crippen LogP contribution in [0.2, 0.25) is 0 Å². The van der Waals surface area contributed by atoms with E-state index in [1.165, 1.54) is 14.0 Å². The summed E-state index contributed by atoms with van der Waals surface area (Å²) >= 11 is 0. The smallest absolute Gasteiger partial charge is 0.343 e. The first kappa shape index (κ1) is 14.2. The lowest BCUT2D eigenvalue weighted by Crippen LogP contribution is -2.38. The highest BCUT2D eigenvalue weighted by Gasteiger charge is 2.40. The van der Waals surface area contributed by atoms with Crippen molar-refractivity contribution in [3.05, 3.63) is 48.0 Å². The molecule has 4 heteroatoms. The van der Waals surface area contributed by atoms with Crippen molar-refractivity contribution in [2.75, 3.05) is 7.11 Å². The van der Waals surface area contributed by atoms with Gasteiger partial charge in [-0.15, -0.1) is 0 Å². The van der Waals surface area contributed by atoms with E-state index in [0.29, 0.717) is 5.56 Å². The predicted octanol–water partition coefficient (Wildman–Crippen LogP) is 2.18. The van der Waals surface area contributed by atoms with Gasteiger partial charge in [-0.3, -0.25) is 4.79 Å². The molecular formula is C16H16O4. The third-order valence-corrected chi connectivity index (χ3v) is 3.25. The van der Waals surface area contributed by atoms with Crippen LogP contribution in [0.25, 0.3) is 10.8 Å². The van der Waals surface area contributed by atoms with E-state index in [1.54, 1.807) is 18.2 Å². The van der Waals surface area contributed by atoms with E-state index in [-0.39, 0.29) is 12.2 Å². The molecule has 0 amide bonds. The molecule has 1 N–H and O–H groups in total. The maximum Gasteiger partial charge on any atom is 0.343 e. The summed E-state index contributed by atoms with van der Waals surface area (Å²) in [5, 5.41) is 12.5. The molecule has 0 aromatic heterocycles. The zero-order chi connectivity index (χ0) is 14.8. The van der Waals surface area contributed by atoms with Gasteiger partial charge in [-0.2, -0.15) is 0 Å². The molecule has 0 spiro atoms. The molecule has 0 saturated heterocycles. The van der Waals surface area contributed by atoms with Crippen molar-refractivity contribution in [3.63, 3.8) is 0 Å². The van der Waals surface area contributed by atoms with Crippen LogP contribution in [0.15, 0.2) is 42.5 Å². The number of fused-ring (bicyclic) bond motifs is 1. The Morgan fingerprint density at radius 3 is 2.40 bits per heavy atom. The molecule has 0 unspecified atom stereocenters. The third kappa shape index (κ3) is 2.56. The fourth-order valence-corrected chi connectivity index (χ4v) is 2.27. The van der Waals surface area contributed by atoms with Crippen LogP contribution in [0, 0.1) is 0 Å². The summed E-state index contributed by atoms with van der Waals surface area (Å²) in [5.74, 6) is -1.12. The molecule has 0 fully saturated rings. The van der Waals surface area contributed by atoms with E-state index >= 15 is 0 Å². The number of esters is 1. The van der Waals surface area contributed by atoms with Gasteiger partial charge in [-0.05, 0) is 29.3 Å². The standard InChI is InChI=1S/C16H16O4/c1-11(17)10-16(19,15(18)20-2)14-8-7-12-5-3-4-6-13(12)9-14/h3-9,19H,10H2,1-2H3/t16-/m1/s1. The monoisotopic (exact) mass is 272 g/mol. The van der Waals surface area contributed by atoms with Crippen molar-refractivity contribution in [2.24, 2.45) is 0 Å². The summed E-state index contributed by atoms with van der Waals surface area (Å²) in [5.41, 5.74) is -1.58. The highest BCUT2D eigenvalue weighted by Crippen LogP contribution is 2.29. The summed E-state index contributed by atoms with van der Waals surface area (Å²) < 4.78 is 4.64. The highest BCUT2D eigenvalue weighted by atomic mass is 16.5. The number of aliphatic hydroxyl groups is 1. The van der Waals surface area contributed by atoms with Crippen molar-refractivity contribution >= 4 is 22.5 Å². The first-order chi connectivity index (χ1) is 9.47. The first-order valence-corrected chi connectivity index (χ1v) is 6.27. The minimum absolute atomic E-state index is 0.286. The average molecular weight is 272 g/mol. The van der Waals surface area contributed by atoms with Gasteiger partial charge in [0.1, 0.15) is 5.78 Å². The van der Waals surface area contributed by atoms with E-state index in [0.717, 1.165) is 10.8 Å². The molecule has 0 aliphatic heterocycles. The van der Waals surface area contributed by atoms with Gasteiger partial charge < -0.3 is 9.84 Å². The molecule has 2 rings (SSSR count). The molecule has 104 valence electrons. The second-order valence-corrected chi connectivity index (χ2v) is 4.79. The van der Waals surface area contributed by atoms with E-state index in [1.807, 2.05) is 24.3 Å². The Labute approximate surface area is 117 Å². The summed E-state index contributed by atoms with van der Waals surface area (Å²) in [7, 11) is 1.19. The van der Waals surface area contributed by atoms with E-state index in [9.17, 15) is 14.7 Å². The Hall–Kier alpha value is -2.20. The lowest BCUT2D eigenvalue weighted by atomic mass is 9.87. The molecule has 4 nitrogen and oxygen atoms in total. The topological polar surface area (TPSA) is 63.6 Å². The number of benzene rings is 2. The Morgan fingerprint density at radius 2 is 1.80 bits per heavy atom. The minimum atomic E-state index is -1.94. The van der Waals surface area contributed by atoms with Crippen LogP contribution in [0.4, 0.5) is 0 Å². The Bertz CT molecular complexity index is 662. The number of methoxy groups -OCH3 is 1. The normalized spacial score (nSPS) is 13.8. The second kappa shape index (κ2) is 5.43. The SMILES string of the molecule is COC(=O)[C@@](O)(CC(C)=O)c1ccc2ccccc2c1. The fourth-order valence-electron chi connectivity index (χ4n) is 2.27. The average Bonchev–Trinajstić information content (AvgIpc) is 2.45. The van der Waals surface area contributed by atoms with Gasteiger partial charge in [0.25, 0.3) is 0 Å². The van der Waals surface area contributed by atoms with Gasteiger partial charge >= 0.3 is 5.97 Å². The quantitative estimate of drug-likeness (QED) is 0.866. The van der Waals surface area contributed by atoms with Crippen LogP contribution in [0.5, 0.6) is 0 Å². The second-order valence-electron chi connectivity index (χ2n) is 4.79. The van der Waals surface area contributed by atoms with Gasteiger partial charge in [-0.25, -0.2) is 4.79 Å². The lowest BCUT2D eigenvalue weighted by molar-refractivity contribution is -0.166. The number of carbonyl (C=O) groups excluding carboxylic acids is 2. The number of hydrogen-bond acceptors (Lipinski definition) is 4. The zero-order valence-electron chi connectivity index (χ0n) is 11.4.